The number of allylic oxidation sites excluding steroid dienone is 1. The summed E-state index contributed by atoms with van der Waals surface area (Å²) in [6.07, 6.45) is 0.146. The number of hydrogen-bond donors (Lipinski definition) is 0. The number of rotatable bonds is 4. The van der Waals surface area contributed by atoms with E-state index in [0.29, 0.717) is 34.9 Å². The number of furan rings is 1. The Hall–Kier alpha value is -2.70. The van der Waals surface area contributed by atoms with Gasteiger partial charge in [0.25, 0.3) is 0 Å². The van der Waals surface area contributed by atoms with Crippen LogP contribution in [0.15, 0.2) is 32.8 Å². The third-order valence-electron chi connectivity index (χ3n) is 5.50. The van der Waals surface area contributed by atoms with Crippen LogP contribution < -0.4 is 0 Å². The minimum atomic E-state index is -0.900. The van der Waals surface area contributed by atoms with Crippen molar-refractivity contribution in [1.82, 2.24) is 0 Å². The number of aryl methyl sites for hydroxylation is 1. The van der Waals surface area contributed by atoms with Gasteiger partial charge in [-0.15, -0.1) is 0 Å². The smallest absolute Gasteiger partial charge is 0.336 e. The molecule has 0 radical (unpaired) electrons. The first-order valence-electron chi connectivity index (χ1n) is 9.82. The van der Waals surface area contributed by atoms with E-state index in [2.05, 4.69) is 4.99 Å². The van der Waals surface area contributed by atoms with Crippen LogP contribution in [0.5, 0.6) is 0 Å². The summed E-state index contributed by atoms with van der Waals surface area (Å²) in [6, 6.07) is 3.55. The van der Waals surface area contributed by atoms with Crippen LogP contribution in [0.4, 0.5) is 0 Å². The van der Waals surface area contributed by atoms with Gasteiger partial charge in [-0.05, 0) is 52.2 Å². The van der Waals surface area contributed by atoms with E-state index in [0.717, 1.165) is 0 Å². The summed E-state index contributed by atoms with van der Waals surface area (Å²) in [5, 5.41) is 0. The lowest BCUT2D eigenvalue weighted by atomic mass is 9.64. The highest BCUT2D eigenvalue weighted by molar-refractivity contribution is 6.17. The monoisotopic (exact) mass is 401 g/mol. The SMILES string of the molecule is COC(=O)[C@@H]1C(=O)C2C(=NC(C)=C(C(=O)OC(C)C)[C@@H]2c2ccc(C)o2)C[C@@H]1C. The van der Waals surface area contributed by atoms with Crippen molar-refractivity contribution in [3.63, 3.8) is 0 Å². The summed E-state index contributed by atoms with van der Waals surface area (Å²) in [6.45, 7) is 8.90. The zero-order chi connectivity index (χ0) is 21.5. The number of methoxy groups -OCH3 is 1. The third kappa shape index (κ3) is 3.78. The molecule has 4 atom stereocenters. The van der Waals surface area contributed by atoms with Gasteiger partial charge < -0.3 is 13.9 Å². The number of carbonyl (C=O) groups excluding carboxylic acids is 3. The van der Waals surface area contributed by atoms with Gasteiger partial charge in [-0.3, -0.25) is 14.6 Å². The minimum Gasteiger partial charge on any atom is -0.468 e. The van der Waals surface area contributed by atoms with Gasteiger partial charge in [0.05, 0.1) is 30.6 Å². The normalized spacial score (nSPS) is 26.9. The predicted molar refractivity (Wildman–Crippen MR) is 105 cm³/mol. The van der Waals surface area contributed by atoms with Crippen molar-refractivity contribution in [3.05, 3.63) is 34.9 Å². The maximum absolute atomic E-state index is 13.5. The fraction of sp³-hybridized carbons (Fsp3) is 0.545. The molecule has 1 aromatic rings. The average Bonchev–Trinajstić information content (AvgIpc) is 3.05. The number of fused-ring (bicyclic) bond motifs is 1. The highest BCUT2D eigenvalue weighted by Gasteiger charge is 2.52. The van der Waals surface area contributed by atoms with Crippen molar-refractivity contribution in [1.29, 1.82) is 0 Å². The van der Waals surface area contributed by atoms with Crippen LogP contribution in [0.3, 0.4) is 0 Å². The molecule has 156 valence electrons. The van der Waals surface area contributed by atoms with E-state index in [-0.39, 0.29) is 17.8 Å². The van der Waals surface area contributed by atoms with E-state index in [4.69, 9.17) is 13.9 Å². The second-order valence-electron chi connectivity index (χ2n) is 8.04. The summed E-state index contributed by atoms with van der Waals surface area (Å²) < 4.78 is 16.2. The summed E-state index contributed by atoms with van der Waals surface area (Å²) >= 11 is 0. The molecule has 0 amide bonds. The maximum atomic E-state index is 13.5. The lowest BCUT2D eigenvalue weighted by Crippen LogP contribution is -2.48. The average molecular weight is 401 g/mol. The van der Waals surface area contributed by atoms with Crippen molar-refractivity contribution in [3.8, 4) is 0 Å². The Balaban J connectivity index is 2.15. The molecule has 1 saturated carbocycles. The van der Waals surface area contributed by atoms with E-state index < -0.39 is 29.7 Å². The molecule has 1 aliphatic heterocycles. The molecule has 1 aromatic heterocycles. The molecule has 2 aliphatic rings. The van der Waals surface area contributed by atoms with Crippen LogP contribution in [0.1, 0.15) is 51.6 Å². The highest BCUT2D eigenvalue weighted by atomic mass is 16.5. The Morgan fingerprint density at radius 1 is 1.21 bits per heavy atom. The Labute approximate surface area is 170 Å². The standard InChI is InChI=1S/C22H27NO6/c1-10(2)28-22(26)17-13(5)23-14-9-11(3)16(21(25)27-6)20(24)18(14)19(17)15-8-7-12(4)29-15/h7-8,10-11,16,18-19H,9H2,1-6H3/t11-,16-,18?,19-/m0/s1. The van der Waals surface area contributed by atoms with E-state index in [1.807, 2.05) is 6.92 Å². The van der Waals surface area contributed by atoms with Crippen molar-refractivity contribution < 1.29 is 28.3 Å². The molecule has 2 heterocycles. The molecule has 0 N–H and O–H groups in total. The Kier molecular flexibility index (Phi) is 5.78. The molecule has 0 bridgehead atoms. The number of hydrogen-bond acceptors (Lipinski definition) is 7. The summed E-state index contributed by atoms with van der Waals surface area (Å²) in [7, 11) is 1.27. The molecule has 29 heavy (non-hydrogen) atoms. The topological polar surface area (TPSA) is 95.2 Å². The largest absolute Gasteiger partial charge is 0.468 e. The molecule has 0 aromatic carbocycles. The van der Waals surface area contributed by atoms with Crippen LogP contribution in [-0.4, -0.2) is 36.6 Å². The van der Waals surface area contributed by atoms with Crippen molar-refractivity contribution in [2.45, 2.75) is 53.1 Å². The van der Waals surface area contributed by atoms with Gasteiger partial charge in [-0.25, -0.2) is 4.79 Å². The quantitative estimate of drug-likeness (QED) is 0.567. The number of ether oxygens (including phenoxy) is 2. The number of ketones is 1. The predicted octanol–water partition coefficient (Wildman–Crippen LogP) is 3.37. The molecule has 1 aliphatic carbocycles. The fourth-order valence-corrected chi connectivity index (χ4v) is 4.31. The minimum absolute atomic E-state index is 0.235. The molecular weight excluding hydrogens is 374 g/mol. The Bertz CT molecular complexity index is 906. The van der Waals surface area contributed by atoms with Crippen LogP contribution in [-0.2, 0) is 23.9 Å². The zero-order valence-electron chi connectivity index (χ0n) is 17.6. The number of nitrogens with zero attached hydrogens (tertiary/aromatic N) is 1. The van der Waals surface area contributed by atoms with Gasteiger partial charge in [-0.2, -0.15) is 0 Å². The molecule has 3 rings (SSSR count). The Morgan fingerprint density at radius 3 is 2.45 bits per heavy atom. The summed E-state index contributed by atoms with van der Waals surface area (Å²) in [5.74, 6) is -2.82. The first-order valence-corrected chi connectivity index (χ1v) is 9.82. The lowest BCUT2D eigenvalue weighted by Gasteiger charge is -2.39. The molecule has 7 heteroatoms. The molecular formula is C22H27NO6. The van der Waals surface area contributed by atoms with Gasteiger partial charge in [0.1, 0.15) is 17.4 Å². The molecule has 1 fully saturated rings. The number of esters is 2. The van der Waals surface area contributed by atoms with Crippen molar-refractivity contribution in [2.75, 3.05) is 7.11 Å². The van der Waals surface area contributed by atoms with E-state index >= 15 is 0 Å². The number of Topliss-reactive ketones (excluding diaryl/α,β-unsaturated/α-hetero) is 1. The van der Waals surface area contributed by atoms with Crippen molar-refractivity contribution >= 4 is 23.4 Å². The maximum Gasteiger partial charge on any atom is 0.336 e. The van der Waals surface area contributed by atoms with Gasteiger partial charge in [0.15, 0.2) is 5.78 Å². The van der Waals surface area contributed by atoms with Crippen LogP contribution in [0.2, 0.25) is 0 Å². The molecule has 0 spiro atoms. The highest BCUT2D eigenvalue weighted by Crippen LogP contribution is 2.46. The molecule has 0 saturated heterocycles. The summed E-state index contributed by atoms with van der Waals surface area (Å²) in [5.41, 5.74) is 1.48. The van der Waals surface area contributed by atoms with Gasteiger partial charge in [0, 0.05) is 11.4 Å². The first kappa shape index (κ1) is 21.0. The number of carbonyl (C=O) groups is 3. The third-order valence-corrected chi connectivity index (χ3v) is 5.50. The van der Waals surface area contributed by atoms with Crippen LogP contribution >= 0.6 is 0 Å². The van der Waals surface area contributed by atoms with Gasteiger partial charge in [0.2, 0.25) is 0 Å². The molecule has 7 nitrogen and oxygen atoms in total. The van der Waals surface area contributed by atoms with Crippen LogP contribution in [0, 0.1) is 24.7 Å². The zero-order valence-corrected chi connectivity index (χ0v) is 17.6. The second kappa shape index (κ2) is 7.97. The number of aliphatic imine (C=N–C) groups is 1. The van der Waals surface area contributed by atoms with Gasteiger partial charge in [-0.1, -0.05) is 6.92 Å². The Morgan fingerprint density at radius 2 is 1.90 bits per heavy atom. The van der Waals surface area contributed by atoms with E-state index in [1.54, 1.807) is 39.8 Å². The first-order chi connectivity index (χ1) is 13.6. The van der Waals surface area contributed by atoms with E-state index in [9.17, 15) is 14.4 Å². The summed E-state index contributed by atoms with van der Waals surface area (Å²) in [4.78, 5) is 43.3. The lowest BCUT2D eigenvalue weighted by molar-refractivity contribution is -0.152. The fourth-order valence-electron chi connectivity index (χ4n) is 4.31. The molecule has 1 unspecified atom stereocenters. The van der Waals surface area contributed by atoms with Crippen LogP contribution in [0.25, 0.3) is 0 Å². The van der Waals surface area contributed by atoms with Crippen molar-refractivity contribution in [2.24, 2.45) is 22.7 Å². The second-order valence-corrected chi connectivity index (χ2v) is 8.04. The van der Waals surface area contributed by atoms with Gasteiger partial charge >= 0.3 is 11.9 Å². The van der Waals surface area contributed by atoms with E-state index in [1.165, 1.54) is 7.11 Å².